The van der Waals surface area contributed by atoms with Gasteiger partial charge in [0.1, 0.15) is 0 Å². The van der Waals surface area contributed by atoms with Gasteiger partial charge in [-0.05, 0) is 25.5 Å². The second kappa shape index (κ2) is 5.50. The van der Waals surface area contributed by atoms with Gasteiger partial charge in [0.15, 0.2) is 11.1 Å². The van der Waals surface area contributed by atoms with Crippen molar-refractivity contribution in [1.82, 2.24) is 0 Å². The van der Waals surface area contributed by atoms with Crippen LogP contribution in [0.2, 0.25) is 0 Å². The summed E-state index contributed by atoms with van der Waals surface area (Å²) >= 11 is 0. The van der Waals surface area contributed by atoms with Crippen LogP contribution in [0, 0.1) is 11.3 Å². The Morgan fingerprint density at radius 1 is 1.33 bits per heavy atom. The van der Waals surface area contributed by atoms with E-state index in [0.29, 0.717) is 18.9 Å². The molecule has 1 spiro atoms. The summed E-state index contributed by atoms with van der Waals surface area (Å²) in [5, 5.41) is 3.36. The topological polar surface area (TPSA) is 59.9 Å². The van der Waals surface area contributed by atoms with Crippen LogP contribution in [-0.2, 0) is 14.3 Å². The predicted molar refractivity (Wildman–Crippen MR) is 94.2 cm³/mol. The number of nitrogens with zero attached hydrogens (tertiary/aromatic N) is 1. The van der Waals surface area contributed by atoms with E-state index in [1.165, 1.54) is 0 Å². The lowest BCUT2D eigenvalue weighted by molar-refractivity contribution is -0.168. The monoisotopic (exact) mass is 330 g/mol. The van der Waals surface area contributed by atoms with Crippen molar-refractivity contribution in [3.05, 3.63) is 30.3 Å². The molecule has 0 unspecified atom stereocenters. The maximum atomic E-state index is 12.7. The summed E-state index contributed by atoms with van der Waals surface area (Å²) in [4.78, 5) is 17.4. The third-order valence-electron chi connectivity index (χ3n) is 5.38. The first kappa shape index (κ1) is 16.8. The van der Waals surface area contributed by atoms with Gasteiger partial charge in [-0.25, -0.2) is 9.79 Å². The van der Waals surface area contributed by atoms with Crippen molar-refractivity contribution in [3.8, 4) is 0 Å². The van der Waals surface area contributed by atoms with E-state index >= 15 is 0 Å². The largest absolute Gasteiger partial charge is 0.481 e. The number of hydrogen-bond donors (Lipinski definition) is 1. The van der Waals surface area contributed by atoms with Crippen LogP contribution in [0.15, 0.2) is 35.3 Å². The second-order valence-electron chi connectivity index (χ2n) is 7.87. The predicted octanol–water partition coefficient (Wildman–Crippen LogP) is 3.26. The van der Waals surface area contributed by atoms with Gasteiger partial charge in [-0.2, -0.15) is 0 Å². The van der Waals surface area contributed by atoms with Crippen LogP contribution in [0.25, 0.3) is 0 Å². The van der Waals surface area contributed by atoms with Crippen molar-refractivity contribution < 1.29 is 14.3 Å². The minimum absolute atomic E-state index is 0.125. The van der Waals surface area contributed by atoms with E-state index in [2.05, 4.69) is 5.32 Å². The molecule has 1 aromatic carbocycles. The molecule has 1 N–H and O–H groups in total. The lowest BCUT2D eigenvalue weighted by Crippen LogP contribution is -2.57. The van der Waals surface area contributed by atoms with Gasteiger partial charge in [-0.1, -0.05) is 39.0 Å². The number of para-hydroxylation sites is 1. The SMILES string of the molecule is COC1=N[C@]2(C[C@H]2CNc2ccccc2)C(=O)O[C@@]1(C)C(C)(C)C. The van der Waals surface area contributed by atoms with Crippen LogP contribution in [0.1, 0.15) is 34.1 Å². The van der Waals surface area contributed by atoms with E-state index in [0.717, 1.165) is 5.69 Å². The Kier molecular flexibility index (Phi) is 3.85. The van der Waals surface area contributed by atoms with Gasteiger partial charge in [0.05, 0.1) is 7.11 Å². The number of nitrogens with one attached hydrogen (secondary N) is 1. The van der Waals surface area contributed by atoms with Gasteiger partial charge in [-0.3, -0.25) is 0 Å². The molecule has 24 heavy (non-hydrogen) atoms. The Labute approximate surface area is 143 Å². The highest BCUT2D eigenvalue weighted by molar-refractivity contribution is 5.98. The third kappa shape index (κ3) is 2.56. The average Bonchev–Trinajstić information content (AvgIpc) is 3.23. The Balaban J connectivity index is 1.78. The van der Waals surface area contributed by atoms with Gasteiger partial charge in [0.2, 0.25) is 5.90 Å². The molecule has 5 heteroatoms. The molecular weight excluding hydrogens is 304 g/mol. The summed E-state index contributed by atoms with van der Waals surface area (Å²) in [5.74, 6) is 0.400. The second-order valence-corrected chi connectivity index (χ2v) is 7.87. The number of rotatable bonds is 3. The fourth-order valence-corrected chi connectivity index (χ4v) is 3.11. The molecule has 3 rings (SSSR count). The molecule has 130 valence electrons. The molecule has 0 saturated heterocycles. The van der Waals surface area contributed by atoms with Crippen molar-refractivity contribution in [2.45, 2.75) is 45.3 Å². The minimum Gasteiger partial charge on any atom is -0.481 e. The fourth-order valence-electron chi connectivity index (χ4n) is 3.11. The zero-order valence-corrected chi connectivity index (χ0v) is 15.1. The van der Waals surface area contributed by atoms with E-state index in [1.807, 2.05) is 58.0 Å². The zero-order chi connectivity index (χ0) is 17.6. The van der Waals surface area contributed by atoms with Crippen LogP contribution in [0.4, 0.5) is 5.69 Å². The Bertz CT molecular complexity index is 665. The van der Waals surface area contributed by atoms with E-state index in [9.17, 15) is 4.79 Å². The molecule has 1 fully saturated rings. The Hall–Kier alpha value is -2.04. The first-order valence-electron chi connectivity index (χ1n) is 8.39. The molecule has 1 saturated carbocycles. The number of hydrogen-bond acceptors (Lipinski definition) is 5. The number of carbonyl (C=O) groups excluding carboxylic acids is 1. The molecule has 1 aliphatic heterocycles. The maximum Gasteiger partial charge on any atom is 0.335 e. The van der Waals surface area contributed by atoms with Gasteiger partial charge in [-0.15, -0.1) is 0 Å². The normalized spacial score (nSPS) is 32.1. The minimum atomic E-state index is -0.843. The van der Waals surface area contributed by atoms with Crippen molar-refractivity contribution >= 4 is 17.6 Å². The molecule has 0 radical (unpaired) electrons. The van der Waals surface area contributed by atoms with E-state index < -0.39 is 11.1 Å². The molecule has 1 aromatic rings. The van der Waals surface area contributed by atoms with Crippen LogP contribution in [-0.4, -0.2) is 36.7 Å². The molecule has 3 atom stereocenters. The number of ether oxygens (including phenoxy) is 2. The van der Waals surface area contributed by atoms with Crippen molar-refractivity contribution in [2.24, 2.45) is 16.3 Å². The first-order valence-corrected chi connectivity index (χ1v) is 8.39. The number of esters is 1. The Morgan fingerprint density at radius 2 is 2.00 bits per heavy atom. The van der Waals surface area contributed by atoms with Crippen LogP contribution in [0.3, 0.4) is 0 Å². The number of methoxy groups -OCH3 is 1. The first-order chi connectivity index (χ1) is 11.2. The van der Waals surface area contributed by atoms with E-state index in [4.69, 9.17) is 14.5 Å². The molecule has 1 heterocycles. The van der Waals surface area contributed by atoms with Crippen molar-refractivity contribution in [1.29, 1.82) is 0 Å². The van der Waals surface area contributed by atoms with Crippen molar-refractivity contribution in [2.75, 3.05) is 19.0 Å². The summed E-state index contributed by atoms with van der Waals surface area (Å²) in [5.41, 5.74) is -0.882. The molecule has 0 amide bonds. The van der Waals surface area contributed by atoms with E-state index in [1.54, 1.807) is 7.11 Å². The Morgan fingerprint density at radius 3 is 2.58 bits per heavy atom. The number of anilines is 1. The highest BCUT2D eigenvalue weighted by Crippen LogP contribution is 2.53. The standard InChI is InChI=1S/C19H26N2O3/c1-17(2,3)18(4)15(23-5)21-19(16(22)24-18)11-13(19)12-20-14-9-7-6-8-10-14/h6-10,13,20H,11-12H2,1-5H3/t13-,18+,19-/m0/s1. The number of carbonyl (C=O) groups is 1. The number of benzene rings is 1. The summed E-state index contributed by atoms with van der Waals surface area (Å²) in [6, 6.07) is 9.96. The molecule has 0 aromatic heterocycles. The average molecular weight is 330 g/mol. The zero-order valence-electron chi connectivity index (χ0n) is 15.1. The molecule has 0 bridgehead atoms. The molecule has 1 aliphatic carbocycles. The summed E-state index contributed by atoms with van der Waals surface area (Å²) < 4.78 is 11.4. The van der Waals surface area contributed by atoms with Crippen LogP contribution < -0.4 is 5.32 Å². The third-order valence-corrected chi connectivity index (χ3v) is 5.38. The smallest absolute Gasteiger partial charge is 0.335 e. The van der Waals surface area contributed by atoms with Crippen molar-refractivity contribution in [3.63, 3.8) is 0 Å². The number of cyclic esters (lactones) is 1. The maximum absolute atomic E-state index is 12.7. The highest BCUT2D eigenvalue weighted by Gasteiger charge is 2.67. The van der Waals surface area contributed by atoms with Gasteiger partial charge >= 0.3 is 5.97 Å². The highest BCUT2D eigenvalue weighted by atomic mass is 16.6. The molecule has 5 nitrogen and oxygen atoms in total. The lowest BCUT2D eigenvalue weighted by Gasteiger charge is -2.44. The fraction of sp³-hybridized carbons (Fsp3) is 0.579. The quantitative estimate of drug-likeness (QED) is 0.864. The summed E-state index contributed by atoms with van der Waals surface area (Å²) in [6.07, 6.45) is 0.693. The van der Waals surface area contributed by atoms with E-state index in [-0.39, 0.29) is 17.3 Å². The summed E-state index contributed by atoms with van der Waals surface area (Å²) in [6.45, 7) is 8.63. The summed E-state index contributed by atoms with van der Waals surface area (Å²) in [7, 11) is 1.59. The van der Waals surface area contributed by atoms with Crippen LogP contribution in [0.5, 0.6) is 0 Å². The lowest BCUT2D eigenvalue weighted by atomic mass is 9.76. The molecule has 2 aliphatic rings. The van der Waals surface area contributed by atoms with Crippen LogP contribution >= 0.6 is 0 Å². The molecular formula is C19H26N2O3. The van der Waals surface area contributed by atoms with Gasteiger partial charge in [0.25, 0.3) is 0 Å². The number of aliphatic imine (C=N–C) groups is 1. The van der Waals surface area contributed by atoms with Gasteiger partial charge < -0.3 is 14.8 Å². The van der Waals surface area contributed by atoms with Gasteiger partial charge in [0, 0.05) is 23.6 Å².